The lowest BCUT2D eigenvalue weighted by molar-refractivity contribution is 0.462. The molecule has 5 rings (SSSR count). The Morgan fingerprint density at radius 1 is 1.16 bits per heavy atom. The van der Waals surface area contributed by atoms with Gasteiger partial charge in [-0.1, -0.05) is 27.4 Å². The molecule has 162 valence electrons. The zero-order chi connectivity index (χ0) is 22.2. The average Bonchev–Trinajstić information content (AvgIpc) is 3.54. The number of aromatic amines is 2. The van der Waals surface area contributed by atoms with Crippen LogP contribution in [0.5, 0.6) is 0 Å². The second kappa shape index (κ2) is 7.96. The first-order valence-corrected chi connectivity index (χ1v) is 10.7. The number of benzene rings is 1. The first-order valence-electron chi connectivity index (χ1n) is 10.7. The smallest absolute Gasteiger partial charge is 0.247 e. The Bertz CT molecular complexity index is 1410. The number of H-pyrrole nitrogens is 2. The summed E-state index contributed by atoms with van der Waals surface area (Å²) >= 11 is 0. The van der Waals surface area contributed by atoms with Gasteiger partial charge in [0.2, 0.25) is 11.8 Å². The normalized spacial score (nSPS) is 12.6. The maximum absolute atomic E-state index is 5.99. The number of rotatable bonds is 7. The number of nitrogens with zero attached hydrogens (tertiary/aromatic N) is 4. The summed E-state index contributed by atoms with van der Waals surface area (Å²) in [5.41, 5.74) is 6.12. The van der Waals surface area contributed by atoms with E-state index in [2.05, 4.69) is 68.2 Å². The molecule has 0 spiro atoms. The van der Waals surface area contributed by atoms with E-state index in [9.17, 15) is 0 Å². The molecule has 0 saturated carbocycles. The van der Waals surface area contributed by atoms with Crippen molar-refractivity contribution in [2.24, 2.45) is 0 Å². The van der Waals surface area contributed by atoms with Crippen molar-refractivity contribution in [3.63, 3.8) is 0 Å². The van der Waals surface area contributed by atoms with Crippen molar-refractivity contribution >= 4 is 21.9 Å². The molecule has 0 aliphatic rings. The predicted octanol–water partition coefficient (Wildman–Crippen LogP) is 5.12. The lowest BCUT2D eigenvalue weighted by atomic mass is 9.95. The predicted molar refractivity (Wildman–Crippen MR) is 125 cm³/mol. The molecular formula is C24H25N7O. The molecule has 0 aliphatic heterocycles. The van der Waals surface area contributed by atoms with E-state index in [1.807, 2.05) is 25.3 Å². The Balaban J connectivity index is 1.61. The van der Waals surface area contributed by atoms with Gasteiger partial charge in [-0.2, -0.15) is 5.10 Å². The van der Waals surface area contributed by atoms with Gasteiger partial charge in [0.15, 0.2) is 5.65 Å². The molecule has 0 amide bonds. The minimum absolute atomic E-state index is 0.0899. The molecule has 8 nitrogen and oxygen atoms in total. The van der Waals surface area contributed by atoms with Gasteiger partial charge in [-0.15, -0.1) is 10.2 Å². The SMILES string of the molecule is C=CNCC(C)c1nnc(-c2ccc3[nH]c(-c4ccnc5[nH]ncc45)c(C(C)C)c3c2)o1. The van der Waals surface area contributed by atoms with Gasteiger partial charge in [-0.25, -0.2) is 4.98 Å². The standard InChI is InChI=1S/C24H25N7O/c1-5-25-11-14(4)23-30-31-24(32-23)15-6-7-19-17(10-15)20(13(2)3)21(28-19)16-8-9-26-22-18(16)12-27-29-22/h5-10,12-14,25,28H,1,11H2,2-4H3,(H,26,27,29). The van der Waals surface area contributed by atoms with E-state index in [-0.39, 0.29) is 5.92 Å². The van der Waals surface area contributed by atoms with E-state index in [1.54, 1.807) is 12.4 Å². The van der Waals surface area contributed by atoms with Crippen LogP contribution in [0.3, 0.4) is 0 Å². The quantitative estimate of drug-likeness (QED) is 0.333. The molecule has 4 aromatic heterocycles. The Hall–Kier alpha value is -3.94. The zero-order valence-corrected chi connectivity index (χ0v) is 18.3. The third-order valence-corrected chi connectivity index (χ3v) is 5.72. The fourth-order valence-electron chi connectivity index (χ4n) is 4.12. The lowest BCUT2D eigenvalue weighted by Gasteiger charge is -2.09. The van der Waals surface area contributed by atoms with Gasteiger partial charge in [-0.3, -0.25) is 5.10 Å². The van der Waals surface area contributed by atoms with Gasteiger partial charge in [-0.05, 0) is 41.9 Å². The van der Waals surface area contributed by atoms with Crippen LogP contribution in [-0.2, 0) is 0 Å². The topological polar surface area (TPSA) is 108 Å². The molecule has 0 aliphatic carbocycles. The van der Waals surface area contributed by atoms with Crippen LogP contribution in [0.2, 0.25) is 0 Å². The summed E-state index contributed by atoms with van der Waals surface area (Å²) in [6, 6.07) is 8.23. The van der Waals surface area contributed by atoms with Crippen molar-refractivity contribution in [3.8, 4) is 22.7 Å². The molecule has 0 radical (unpaired) electrons. The maximum atomic E-state index is 5.99. The molecule has 0 saturated heterocycles. The van der Waals surface area contributed by atoms with Crippen molar-refractivity contribution in [3.05, 3.63) is 60.9 Å². The van der Waals surface area contributed by atoms with E-state index in [0.29, 0.717) is 24.2 Å². The summed E-state index contributed by atoms with van der Waals surface area (Å²) in [7, 11) is 0. The van der Waals surface area contributed by atoms with E-state index < -0.39 is 0 Å². The highest BCUT2D eigenvalue weighted by Gasteiger charge is 2.20. The third kappa shape index (κ3) is 3.33. The molecule has 1 unspecified atom stereocenters. The fourth-order valence-corrected chi connectivity index (χ4v) is 4.12. The van der Waals surface area contributed by atoms with E-state index in [4.69, 9.17) is 4.42 Å². The van der Waals surface area contributed by atoms with Gasteiger partial charge in [0, 0.05) is 40.2 Å². The van der Waals surface area contributed by atoms with Crippen molar-refractivity contribution in [1.29, 1.82) is 0 Å². The molecular weight excluding hydrogens is 402 g/mol. The van der Waals surface area contributed by atoms with Crippen molar-refractivity contribution in [2.75, 3.05) is 6.54 Å². The van der Waals surface area contributed by atoms with Crippen molar-refractivity contribution < 1.29 is 4.42 Å². The van der Waals surface area contributed by atoms with Crippen LogP contribution in [0, 0.1) is 0 Å². The van der Waals surface area contributed by atoms with Crippen molar-refractivity contribution in [1.82, 2.24) is 35.7 Å². The third-order valence-electron chi connectivity index (χ3n) is 5.72. The van der Waals surface area contributed by atoms with Crippen molar-refractivity contribution in [2.45, 2.75) is 32.6 Å². The summed E-state index contributed by atoms with van der Waals surface area (Å²) in [4.78, 5) is 7.99. The minimum atomic E-state index is 0.0899. The number of hydrogen-bond acceptors (Lipinski definition) is 6. The Kier molecular flexibility index (Phi) is 4.97. The number of aromatic nitrogens is 6. The van der Waals surface area contributed by atoms with Crippen LogP contribution in [0.15, 0.2) is 53.9 Å². The second-order valence-corrected chi connectivity index (χ2v) is 8.28. The Morgan fingerprint density at radius 2 is 2.03 bits per heavy atom. The first-order chi connectivity index (χ1) is 15.6. The fraction of sp³-hybridized carbons (Fsp3) is 0.250. The molecule has 5 aromatic rings. The summed E-state index contributed by atoms with van der Waals surface area (Å²) in [6.07, 6.45) is 5.29. The van der Waals surface area contributed by atoms with Gasteiger partial charge in [0.1, 0.15) is 0 Å². The molecule has 3 N–H and O–H groups in total. The van der Waals surface area contributed by atoms with Crippen LogP contribution < -0.4 is 5.32 Å². The second-order valence-electron chi connectivity index (χ2n) is 8.28. The van der Waals surface area contributed by atoms with Gasteiger partial charge in [0.25, 0.3) is 0 Å². The monoisotopic (exact) mass is 427 g/mol. The van der Waals surface area contributed by atoms with Crippen LogP contribution >= 0.6 is 0 Å². The van der Waals surface area contributed by atoms with Crippen LogP contribution in [0.4, 0.5) is 0 Å². The van der Waals surface area contributed by atoms with Crippen LogP contribution in [0.1, 0.15) is 44.1 Å². The Morgan fingerprint density at radius 3 is 2.84 bits per heavy atom. The average molecular weight is 428 g/mol. The summed E-state index contributed by atoms with van der Waals surface area (Å²) in [6.45, 7) is 10.8. The summed E-state index contributed by atoms with van der Waals surface area (Å²) < 4.78 is 5.99. The van der Waals surface area contributed by atoms with E-state index in [0.717, 1.165) is 38.8 Å². The molecule has 0 bridgehead atoms. The summed E-state index contributed by atoms with van der Waals surface area (Å²) in [5.74, 6) is 1.51. The molecule has 1 atom stereocenters. The highest BCUT2D eigenvalue weighted by Crippen LogP contribution is 2.39. The first kappa shape index (κ1) is 20.0. The lowest BCUT2D eigenvalue weighted by Crippen LogP contribution is -2.13. The number of pyridine rings is 1. The molecule has 32 heavy (non-hydrogen) atoms. The zero-order valence-electron chi connectivity index (χ0n) is 18.3. The van der Waals surface area contributed by atoms with Crippen LogP contribution in [-0.4, -0.2) is 36.9 Å². The number of fused-ring (bicyclic) bond motifs is 2. The number of nitrogens with one attached hydrogen (secondary N) is 3. The van der Waals surface area contributed by atoms with Gasteiger partial charge in [0.05, 0.1) is 17.8 Å². The molecule has 8 heteroatoms. The van der Waals surface area contributed by atoms with Crippen LogP contribution in [0.25, 0.3) is 44.6 Å². The van der Waals surface area contributed by atoms with Gasteiger partial charge >= 0.3 is 0 Å². The highest BCUT2D eigenvalue weighted by molar-refractivity contribution is 5.99. The van der Waals surface area contributed by atoms with Gasteiger partial charge < -0.3 is 14.7 Å². The largest absolute Gasteiger partial charge is 0.420 e. The maximum Gasteiger partial charge on any atom is 0.247 e. The Labute approximate surface area is 185 Å². The molecule has 1 aromatic carbocycles. The summed E-state index contributed by atoms with van der Waals surface area (Å²) in [5, 5.41) is 20.9. The van der Waals surface area contributed by atoms with E-state index in [1.165, 1.54) is 5.56 Å². The molecule has 4 heterocycles. The minimum Gasteiger partial charge on any atom is -0.420 e. The highest BCUT2D eigenvalue weighted by atomic mass is 16.4. The molecule has 0 fully saturated rings. The number of hydrogen-bond donors (Lipinski definition) is 3. The van der Waals surface area contributed by atoms with E-state index >= 15 is 0 Å².